The number of nitroso groups, excluding NO2 is 1. The zero-order valence-electron chi connectivity index (χ0n) is 13.5. The van der Waals surface area contributed by atoms with Crippen LogP contribution in [0.5, 0.6) is 0 Å². The topological polar surface area (TPSA) is 82.0 Å². The van der Waals surface area contributed by atoms with E-state index >= 15 is 0 Å². The number of halogens is 1. The number of nitrogens with zero attached hydrogens (tertiary/aromatic N) is 1. The predicted molar refractivity (Wildman–Crippen MR) is 87.5 cm³/mol. The second kappa shape index (κ2) is 8.68. The number of ether oxygens (including phenoxy) is 2. The van der Waals surface area contributed by atoms with Crippen LogP contribution >= 0.6 is 0 Å². The van der Waals surface area contributed by atoms with Gasteiger partial charge >= 0.3 is 11.9 Å². The zero-order chi connectivity index (χ0) is 18.2. The molecule has 2 aromatic rings. The molecule has 0 aromatic heterocycles. The van der Waals surface area contributed by atoms with Crippen LogP contribution in [0.25, 0.3) is 0 Å². The summed E-state index contributed by atoms with van der Waals surface area (Å²) < 4.78 is 24.2. The highest BCUT2D eigenvalue weighted by Gasteiger charge is 2.34. The lowest BCUT2D eigenvalue weighted by Gasteiger charge is -2.16. The van der Waals surface area contributed by atoms with Gasteiger partial charge in [-0.05, 0) is 23.7 Å². The third-order valence-electron chi connectivity index (χ3n) is 3.38. The molecular weight excluding hydrogens is 329 g/mol. The largest absolute Gasteiger partial charge is 0.465 e. The normalized spacial score (nSPS) is 11.4. The quantitative estimate of drug-likeness (QED) is 0.435. The molecule has 0 radical (unpaired) electrons. The summed E-state index contributed by atoms with van der Waals surface area (Å²) in [7, 11) is 0. The van der Waals surface area contributed by atoms with Crippen LogP contribution < -0.4 is 0 Å². The van der Waals surface area contributed by atoms with Gasteiger partial charge in [0.25, 0.3) is 0 Å². The first-order valence-electron chi connectivity index (χ1n) is 7.56. The summed E-state index contributed by atoms with van der Waals surface area (Å²) in [6.07, 6.45) is 0. The van der Waals surface area contributed by atoms with Gasteiger partial charge in [0, 0.05) is 11.6 Å². The van der Waals surface area contributed by atoms with Gasteiger partial charge in [0.05, 0.1) is 6.61 Å². The summed E-state index contributed by atoms with van der Waals surface area (Å²) in [5, 5.41) is 2.61. The summed E-state index contributed by atoms with van der Waals surface area (Å²) >= 11 is 0. The van der Waals surface area contributed by atoms with E-state index in [1.54, 1.807) is 31.2 Å². The molecule has 25 heavy (non-hydrogen) atoms. The van der Waals surface area contributed by atoms with Gasteiger partial charge in [-0.15, -0.1) is 4.91 Å². The van der Waals surface area contributed by atoms with Crippen molar-refractivity contribution in [2.24, 2.45) is 5.18 Å². The minimum absolute atomic E-state index is 0.0247. The molecule has 0 bridgehead atoms. The van der Waals surface area contributed by atoms with Gasteiger partial charge < -0.3 is 9.47 Å². The van der Waals surface area contributed by atoms with Gasteiger partial charge in [-0.1, -0.05) is 36.4 Å². The van der Waals surface area contributed by atoms with Crippen molar-refractivity contribution in [3.63, 3.8) is 0 Å². The Morgan fingerprint density at radius 2 is 1.76 bits per heavy atom. The number of carbonyl (C=O) groups excluding carboxylic acids is 2. The van der Waals surface area contributed by atoms with Crippen molar-refractivity contribution in [2.75, 3.05) is 6.61 Å². The maximum absolute atomic E-state index is 14.2. The van der Waals surface area contributed by atoms with E-state index in [9.17, 15) is 18.9 Å². The van der Waals surface area contributed by atoms with E-state index in [2.05, 4.69) is 5.18 Å². The van der Waals surface area contributed by atoms with Crippen molar-refractivity contribution in [3.05, 3.63) is 70.4 Å². The number of hydrogen-bond acceptors (Lipinski definition) is 6. The van der Waals surface area contributed by atoms with Crippen molar-refractivity contribution >= 4 is 17.6 Å². The van der Waals surface area contributed by atoms with E-state index in [1.807, 2.05) is 6.07 Å². The maximum Gasteiger partial charge on any atom is 0.325 e. The van der Waals surface area contributed by atoms with Gasteiger partial charge in [-0.3, -0.25) is 9.59 Å². The van der Waals surface area contributed by atoms with E-state index in [-0.39, 0.29) is 24.5 Å². The van der Waals surface area contributed by atoms with Gasteiger partial charge in [0.1, 0.15) is 18.1 Å². The zero-order valence-corrected chi connectivity index (χ0v) is 13.5. The van der Waals surface area contributed by atoms with Gasteiger partial charge in [-0.2, -0.15) is 0 Å². The van der Waals surface area contributed by atoms with Crippen LogP contribution in [-0.4, -0.2) is 18.5 Å². The van der Waals surface area contributed by atoms with E-state index in [0.717, 1.165) is 17.7 Å². The molecule has 7 heteroatoms. The lowest BCUT2D eigenvalue weighted by Crippen LogP contribution is -2.27. The lowest BCUT2D eigenvalue weighted by atomic mass is 9.98. The second-order valence-electron chi connectivity index (χ2n) is 5.08. The maximum atomic E-state index is 14.2. The molecule has 0 saturated carbocycles. The average Bonchev–Trinajstić information content (AvgIpc) is 2.62. The van der Waals surface area contributed by atoms with E-state index < -0.39 is 23.7 Å². The highest BCUT2D eigenvalue weighted by Crippen LogP contribution is 2.26. The SMILES string of the molecule is CCOC(=O)C(C(=O)OCc1ccccc1)c1ccc(N=O)cc1F. The van der Waals surface area contributed by atoms with Gasteiger partial charge in [-0.25, -0.2) is 4.39 Å². The van der Waals surface area contributed by atoms with Crippen LogP contribution in [0.3, 0.4) is 0 Å². The molecule has 0 amide bonds. The third kappa shape index (κ3) is 4.69. The molecule has 0 aliphatic carbocycles. The van der Waals surface area contributed by atoms with E-state index in [0.29, 0.717) is 0 Å². The summed E-state index contributed by atoms with van der Waals surface area (Å²) in [5.74, 6) is -4.35. The highest BCUT2D eigenvalue weighted by molar-refractivity contribution is 6.01. The highest BCUT2D eigenvalue weighted by atomic mass is 19.1. The molecule has 2 rings (SSSR count). The van der Waals surface area contributed by atoms with E-state index in [1.165, 1.54) is 6.07 Å². The van der Waals surface area contributed by atoms with Crippen molar-refractivity contribution in [2.45, 2.75) is 19.4 Å². The van der Waals surface area contributed by atoms with Crippen LogP contribution in [-0.2, 0) is 25.7 Å². The first-order valence-corrected chi connectivity index (χ1v) is 7.56. The smallest absolute Gasteiger partial charge is 0.325 e. The molecule has 0 N–H and O–H groups in total. The van der Waals surface area contributed by atoms with Crippen LogP contribution in [0.2, 0.25) is 0 Å². The monoisotopic (exact) mass is 345 g/mol. The molecule has 0 aliphatic heterocycles. The molecule has 0 fully saturated rings. The van der Waals surface area contributed by atoms with Crippen LogP contribution in [0.1, 0.15) is 24.0 Å². The lowest BCUT2D eigenvalue weighted by molar-refractivity contribution is -0.158. The number of esters is 2. The fraction of sp³-hybridized carbons (Fsp3) is 0.222. The Hall–Kier alpha value is -3.09. The van der Waals surface area contributed by atoms with Crippen molar-refractivity contribution in [1.82, 2.24) is 0 Å². The number of carbonyl (C=O) groups is 2. The molecule has 0 saturated heterocycles. The Labute approximate surface area is 143 Å². The minimum Gasteiger partial charge on any atom is -0.465 e. The van der Waals surface area contributed by atoms with Crippen molar-refractivity contribution in [3.8, 4) is 0 Å². The fourth-order valence-electron chi connectivity index (χ4n) is 2.19. The molecule has 0 spiro atoms. The van der Waals surface area contributed by atoms with Gasteiger partial charge in [0.15, 0.2) is 5.92 Å². The molecule has 6 nitrogen and oxygen atoms in total. The summed E-state index contributed by atoms with van der Waals surface area (Å²) in [5.41, 5.74) is 0.338. The molecular formula is C18H16FNO5. The average molecular weight is 345 g/mol. The molecule has 1 unspecified atom stereocenters. The first-order chi connectivity index (χ1) is 12.1. The minimum atomic E-state index is -1.58. The Morgan fingerprint density at radius 1 is 1.08 bits per heavy atom. The third-order valence-corrected chi connectivity index (χ3v) is 3.38. The molecule has 2 aromatic carbocycles. The Bertz CT molecular complexity index is 763. The molecule has 0 aliphatic rings. The fourth-order valence-corrected chi connectivity index (χ4v) is 2.19. The Kier molecular flexibility index (Phi) is 6.33. The van der Waals surface area contributed by atoms with Crippen molar-refractivity contribution < 1.29 is 23.5 Å². The Balaban J connectivity index is 2.24. The number of rotatable bonds is 7. The number of benzene rings is 2. The van der Waals surface area contributed by atoms with Crippen molar-refractivity contribution in [1.29, 1.82) is 0 Å². The first kappa shape index (κ1) is 18.3. The summed E-state index contributed by atoms with van der Waals surface area (Å²) in [4.78, 5) is 35.0. The molecule has 0 heterocycles. The van der Waals surface area contributed by atoms with Crippen LogP contribution in [0, 0.1) is 10.7 Å². The van der Waals surface area contributed by atoms with Crippen LogP contribution in [0.4, 0.5) is 10.1 Å². The van der Waals surface area contributed by atoms with E-state index in [4.69, 9.17) is 9.47 Å². The molecule has 1 atom stereocenters. The summed E-state index contributed by atoms with van der Waals surface area (Å²) in [6, 6.07) is 12.1. The second-order valence-corrected chi connectivity index (χ2v) is 5.08. The van der Waals surface area contributed by atoms with Gasteiger partial charge in [0.2, 0.25) is 0 Å². The number of hydrogen-bond donors (Lipinski definition) is 0. The molecule has 130 valence electrons. The summed E-state index contributed by atoms with van der Waals surface area (Å²) in [6.45, 7) is 1.53. The standard InChI is InChI=1S/C18H16FNO5/c1-2-24-17(21)16(14-9-8-13(20-23)10-15(14)19)18(22)25-11-12-6-4-3-5-7-12/h3-10,16H,2,11H2,1H3. The predicted octanol–water partition coefficient (Wildman–Crippen LogP) is 3.61. The van der Waals surface area contributed by atoms with Crippen LogP contribution in [0.15, 0.2) is 53.7 Å². The Morgan fingerprint density at radius 3 is 2.36 bits per heavy atom.